The summed E-state index contributed by atoms with van der Waals surface area (Å²) in [7, 11) is 0. The van der Waals surface area contributed by atoms with Crippen LogP contribution in [0.4, 0.5) is 0 Å². The summed E-state index contributed by atoms with van der Waals surface area (Å²) in [6.07, 6.45) is 5.19. The fraction of sp³-hybridized carbons (Fsp3) is 0. The van der Waals surface area contributed by atoms with E-state index in [4.69, 9.17) is 9.68 Å². The lowest BCUT2D eigenvalue weighted by Gasteiger charge is -2.05. The van der Waals surface area contributed by atoms with Crippen LogP contribution in [0.2, 0.25) is 0 Å². The largest absolute Gasteiger partial charge is 0.472 e. The van der Waals surface area contributed by atoms with Gasteiger partial charge in [0, 0.05) is 11.3 Å². The van der Waals surface area contributed by atoms with Gasteiger partial charge in [-0.05, 0) is 48.0 Å². The molecule has 0 radical (unpaired) electrons. The predicted octanol–water partition coefficient (Wildman–Crippen LogP) is 4.16. The molecule has 0 aliphatic heterocycles. The topological polar surface area (TPSA) is 54.8 Å². The van der Waals surface area contributed by atoms with Gasteiger partial charge in [-0.25, -0.2) is 4.98 Å². The van der Waals surface area contributed by atoms with Crippen molar-refractivity contribution in [3.8, 4) is 22.9 Å². The van der Waals surface area contributed by atoms with E-state index in [1.807, 2.05) is 34.9 Å². The van der Waals surface area contributed by atoms with Gasteiger partial charge in [-0.1, -0.05) is 6.07 Å². The smallest absolute Gasteiger partial charge is 0.100 e. The fourth-order valence-corrected chi connectivity index (χ4v) is 2.52. The van der Waals surface area contributed by atoms with Gasteiger partial charge in [-0.15, -0.1) is 0 Å². The molecule has 2 heterocycles. The first kappa shape index (κ1) is 12.4. The Morgan fingerprint density at radius 1 is 1.00 bits per heavy atom. The van der Waals surface area contributed by atoms with E-state index in [2.05, 4.69) is 17.1 Å². The summed E-state index contributed by atoms with van der Waals surface area (Å²) in [5.74, 6) is 0. The maximum atomic E-state index is 8.89. The van der Waals surface area contributed by atoms with Crippen LogP contribution < -0.4 is 0 Å². The quantitative estimate of drug-likeness (QED) is 0.555. The number of rotatable bonds is 2. The number of hydrogen-bond donors (Lipinski definition) is 0. The molecule has 4 aromatic rings. The van der Waals surface area contributed by atoms with Crippen molar-refractivity contribution in [2.75, 3.05) is 0 Å². The van der Waals surface area contributed by atoms with Gasteiger partial charge in [0.15, 0.2) is 0 Å². The first-order valence-corrected chi connectivity index (χ1v) is 6.85. The summed E-state index contributed by atoms with van der Waals surface area (Å²) in [5, 5.41) is 8.89. The van der Waals surface area contributed by atoms with Gasteiger partial charge in [0.2, 0.25) is 0 Å². The number of hydrogen-bond acceptors (Lipinski definition) is 3. The molecular formula is C18H11N3O. The van der Waals surface area contributed by atoms with E-state index in [0.717, 1.165) is 27.8 Å². The molecule has 0 fully saturated rings. The molecule has 2 aromatic heterocycles. The lowest BCUT2D eigenvalue weighted by Crippen LogP contribution is -1.92. The zero-order valence-electron chi connectivity index (χ0n) is 11.6. The molecule has 0 atom stereocenters. The third-order valence-corrected chi connectivity index (χ3v) is 3.68. The Bertz CT molecular complexity index is 974. The number of furan rings is 1. The Hall–Kier alpha value is -3.32. The molecule has 104 valence electrons. The number of benzene rings is 2. The highest BCUT2D eigenvalue weighted by atomic mass is 16.3. The van der Waals surface area contributed by atoms with Gasteiger partial charge in [0.25, 0.3) is 0 Å². The van der Waals surface area contributed by atoms with E-state index in [-0.39, 0.29) is 0 Å². The standard InChI is InChI=1S/C18H11N3O/c19-10-13-1-4-16(5-2-13)21-12-20-17-6-3-14(9-18(17)21)15-7-8-22-11-15/h1-9,11-12H. The van der Waals surface area contributed by atoms with Crippen molar-refractivity contribution in [3.63, 3.8) is 0 Å². The fourth-order valence-electron chi connectivity index (χ4n) is 2.52. The van der Waals surface area contributed by atoms with Crippen LogP contribution in [-0.2, 0) is 0 Å². The first-order chi connectivity index (χ1) is 10.8. The summed E-state index contributed by atoms with van der Waals surface area (Å²) in [4.78, 5) is 4.43. The van der Waals surface area contributed by atoms with E-state index >= 15 is 0 Å². The number of fused-ring (bicyclic) bond motifs is 1. The monoisotopic (exact) mass is 285 g/mol. The SMILES string of the molecule is N#Cc1ccc(-n2cnc3ccc(-c4ccoc4)cc32)cc1. The number of aromatic nitrogens is 2. The highest BCUT2D eigenvalue weighted by Crippen LogP contribution is 2.26. The molecule has 0 amide bonds. The average Bonchev–Trinajstić information content (AvgIpc) is 3.24. The summed E-state index contributed by atoms with van der Waals surface area (Å²) >= 11 is 0. The maximum Gasteiger partial charge on any atom is 0.100 e. The van der Waals surface area contributed by atoms with Crippen LogP contribution in [0.3, 0.4) is 0 Å². The van der Waals surface area contributed by atoms with Gasteiger partial charge in [-0.2, -0.15) is 5.26 Å². The second-order valence-electron chi connectivity index (χ2n) is 4.99. The molecule has 0 spiro atoms. The third kappa shape index (κ3) is 1.97. The molecule has 4 rings (SSSR count). The minimum Gasteiger partial charge on any atom is -0.472 e. The van der Waals surface area contributed by atoms with Crippen LogP contribution >= 0.6 is 0 Å². The number of imidazole rings is 1. The molecule has 4 nitrogen and oxygen atoms in total. The first-order valence-electron chi connectivity index (χ1n) is 6.85. The zero-order valence-corrected chi connectivity index (χ0v) is 11.6. The molecule has 2 aromatic carbocycles. The molecule has 0 aliphatic rings. The molecular weight excluding hydrogens is 274 g/mol. The van der Waals surface area contributed by atoms with Crippen molar-refractivity contribution in [3.05, 3.63) is 72.9 Å². The Balaban J connectivity index is 1.87. The Labute approximate surface area is 126 Å². The minimum absolute atomic E-state index is 0.646. The van der Waals surface area contributed by atoms with Gasteiger partial charge in [-0.3, -0.25) is 4.57 Å². The molecule has 0 saturated carbocycles. The summed E-state index contributed by atoms with van der Waals surface area (Å²) in [6, 6.07) is 17.6. The lowest BCUT2D eigenvalue weighted by atomic mass is 10.1. The molecule has 0 N–H and O–H groups in total. The zero-order chi connectivity index (χ0) is 14.9. The highest BCUT2D eigenvalue weighted by Gasteiger charge is 2.07. The van der Waals surface area contributed by atoms with E-state index in [1.54, 1.807) is 31.0 Å². The normalized spacial score (nSPS) is 10.7. The maximum absolute atomic E-state index is 8.89. The molecule has 0 bridgehead atoms. The van der Waals surface area contributed by atoms with Crippen molar-refractivity contribution < 1.29 is 4.42 Å². The molecule has 4 heteroatoms. The van der Waals surface area contributed by atoms with Crippen molar-refractivity contribution in [2.45, 2.75) is 0 Å². The highest BCUT2D eigenvalue weighted by molar-refractivity contribution is 5.83. The van der Waals surface area contributed by atoms with E-state index in [1.165, 1.54) is 0 Å². The Kier molecular flexibility index (Phi) is 2.77. The molecule has 0 unspecified atom stereocenters. The summed E-state index contributed by atoms with van der Waals surface area (Å²) in [5.41, 5.74) is 5.68. The van der Waals surface area contributed by atoms with Crippen LogP contribution in [-0.4, -0.2) is 9.55 Å². The van der Waals surface area contributed by atoms with Gasteiger partial charge in [0.05, 0.1) is 35.2 Å². The number of nitriles is 1. The van der Waals surface area contributed by atoms with Crippen molar-refractivity contribution >= 4 is 11.0 Å². The average molecular weight is 285 g/mol. The lowest BCUT2D eigenvalue weighted by molar-refractivity contribution is 0.568. The van der Waals surface area contributed by atoms with E-state index in [0.29, 0.717) is 5.56 Å². The van der Waals surface area contributed by atoms with Gasteiger partial charge >= 0.3 is 0 Å². The number of nitrogens with zero attached hydrogens (tertiary/aromatic N) is 3. The van der Waals surface area contributed by atoms with Crippen molar-refractivity contribution in [1.29, 1.82) is 5.26 Å². The van der Waals surface area contributed by atoms with Crippen LogP contribution in [0.5, 0.6) is 0 Å². The van der Waals surface area contributed by atoms with E-state index < -0.39 is 0 Å². The second-order valence-corrected chi connectivity index (χ2v) is 4.99. The molecule has 22 heavy (non-hydrogen) atoms. The Morgan fingerprint density at radius 2 is 1.86 bits per heavy atom. The van der Waals surface area contributed by atoms with Gasteiger partial charge in [0.1, 0.15) is 6.33 Å². The van der Waals surface area contributed by atoms with Crippen LogP contribution in [0.15, 0.2) is 71.8 Å². The summed E-state index contributed by atoms with van der Waals surface area (Å²) in [6.45, 7) is 0. The van der Waals surface area contributed by atoms with Crippen molar-refractivity contribution in [1.82, 2.24) is 9.55 Å². The predicted molar refractivity (Wildman–Crippen MR) is 83.5 cm³/mol. The molecule has 0 aliphatic carbocycles. The second kappa shape index (κ2) is 4.90. The molecule has 0 saturated heterocycles. The van der Waals surface area contributed by atoms with Crippen LogP contribution in [0.25, 0.3) is 27.8 Å². The van der Waals surface area contributed by atoms with E-state index in [9.17, 15) is 0 Å². The van der Waals surface area contributed by atoms with Crippen molar-refractivity contribution in [2.24, 2.45) is 0 Å². The van der Waals surface area contributed by atoms with Gasteiger partial charge < -0.3 is 4.42 Å². The van der Waals surface area contributed by atoms with Crippen LogP contribution in [0, 0.1) is 11.3 Å². The Morgan fingerprint density at radius 3 is 2.59 bits per heavy atom. The van der Waals surface area contributed by atoms with Crippen LogP contribution in [0.1, 0.15) is 5.56 Å². The third-order valence-electron chi connectivity index (χ3n) is 3.68. The minimum atomic E-state index is 0.646. The summed E-state index contributed by atoms with van der Waals surface area (Å²) < 4.78 is 7.16.